The Morgan fingerprint density at radius 1 is 0.886 bits per heavy atom. The number of hydrogen-bond acceptors (Lipinski definition) is 8. The predicted molar refractivity (Wildman–Crippen MR) is 165 cm³/mol. The third kappa shape index (κ3) is 6.62. The Morgan fingerprint density at radius 2 is 1.55 bits per heavy atom. The van der Waals surface area contributed by atoms with E-state index in [1.54, 1.807) is 18.2 Å². The zero-order valence-electron chi connectivity index (χ0n) is 25.1. The first kappa shape index (κ1) is 31.9. The minimum absolute atomic E-state index is 0.0728. The average Bonchev–Trinajstić information content (AvgIpc) is 3.31. The number of halogens is 1. The number of aryl methyl sites for hydroxylation is 1. The Kier molecular flexibility index (Phi) is 9.79. The van der Waals surface area contributed by atoms with Crippen LogP contribution in [0.4, 0.5) is 10.1 Å². The summed E-state index contributed by atoms with van der Waals surface area (Å²) in [4.78, 5) is 13.0. The van der Waals surface area contributed by atoms with Crippen molar-refractivity contribution in [2.45, 2.75) is 18.7 Å². The molecule has 0 unspecified atom stereocenters. The van der Waals surface area contributed by atoms with Crippen molar-refractivity contribution in [3.8, 4) is 28.7 Å². The fourth-order valence-electron chi connectivity index (χ4n) is 4.64. The van der Waals surface area contributed by atoms with Gasteiger partial charge in [0.1, 0.15) is 23.9 Å². The van der Waals surface area contributed by atoms with Crippen molar-refractivity contribution < 1.29 is 36.6 Å². The van der Waals surface area contributed by atoms with Gasteiger partial charge < -0.3 is 23.5 Å². The number of carbonyl (C=O) groups is 1. The van der Waals surface area contributed by atoms with E-state index in [0.717, 1.165) is 21.4 Å². The van der Waals surface area contributed by atoms with Crippen molar-refractivity contribution in [2.24, 2.45) is 5.10 Å². The van der Waals surface area contributed by atoms with Gasteiger partial charge in [0, 0.05) is 34.8 Å². The van der Waals surface area contributed by atoms with Gasteiger partial charge in [-0.1, -0.05) is 0 Å². The number of rotatable bonds is 12. The van der Waals surface area contributed by atoms with Gasteiger partial charge in [-0.15, -0.1) is 0 Å². The predicted octanol–water partition coefficient (Wildman–Crippen LogP) is 4.61. The molecule has 1 amide bonds. The number of ether oxygens (including phenoxy) is 4. The maximum Gasteiger partial charge on any atom is 0.265 e. The van der Waals surface area contributed by atoms with E-state index in [9.17, 15) is 17.6 Å². The lowest BCUT2D eigenvalue weighted by molar-refractivity contribution is -0.119. The number of hydrogen-bond donors (Lipinski definition) is 1. The third-order valence-electron chi connectivity index (χ3n) is 6.83. The van der Waals surface area contributed by atoms with Gasteiger partial charge >= 0.3 is 0 Å². The van der Waals surface area contributed by atoms with Crippen molar-refractivity contribution in [3.05, 3.63) is 89.5 Å². The molecule has 4 rings (SSSR count). The number of nitrogens with zero attached hydrogens (tertiary/aromatic N) is 3. The first-order valence-electron chi connectivity index (χ1n) is 13.3. The molecule has 0 saturated heterocycles. The second-order valence-corrected chi connectivity index (χ2v) is 11.4. The van der Waals surface area contributed by atoms with Crippen LogP contribution in [0.25, 0.3) is 5.69 Å². The summed E-state index contributed by atoms with van der Waals surface area (Å²) in [7, 11) is 1.29. The Bertz CT molecular complexity index is 1790. The summed E-state index contributed by atoms with van der Waals surface area (Å²) in [6.45, 7) is 3.11. The lowest BCUT2D eigenvalue weighted by Gasteiger charge is -2.26. The number of carbonyl (C=O) groups excluding carboxylic acids is 1. The largest absolute Gasteiger partial charge is 0.497 e. The summed E-state index contributed by atoms with van der Waals surface area (Å²) in [5, 5.41) is 4.08. The fraction of sp³-hybridized carbons (Fsp3) is 0.226. The van der Waals surface area contributed by atoms with Crippen molar-refractivity contribution >= 4 is 27.8 Å². The van der Waals surface area contributed by atoms with E-state index in [1.165, 1.54) is 77.1 Å². The lowest BCUT2D eigenvalue weighted by atomic mass is 10.2. The molecule has 0 aliphatic rings. The van der Waals surface area contributed by atoms with Crippen LogP contribution < -0.4 is 28.7 Å². The first-order valence-corrected chi connectivity index (χ1v) is 14.7. The van der Waals surface area contributed by atoms with Gasteiger partial charge in [0.05, 0.1) is 45.2 Å². The highest BCUT2D eigenvalue weighted by Gasteiger charge is 2.31. The Hall–Kier alpha value is -5.04. The van der Waals surface area contributed by atoms with Crippen LogP contribution in [-0.2, 0) is 14.8 Å². The zero-order chi connectivity index (χ0) is 32.0. The van der Waals surface area contributed by atoms with Gasteiger partial charge in [0.15, 0.2) is 11.5 Å². The smallest absolute Gasteiger partial charge is 0.265 e. The molecule has 0 aliphatic carbocycles. The topological polar surface area (TPSA) is 121 Å². The number of anilines is 1. The SMILES string of the molecule is COc1ccc(OC)c(N(CC(=O)N/N=C\c2cc(C)n(-c3ccc(F)cc3)c2C)S(=O)(=O)c2ccc(OC)c(OC)c2)c1. The molecular formula is C31H33FN4O7S. The maximum absolute atomic E-state index is 14.0. The lowest BCUT2D eigenvalue weighted by Crippen LogP contribution is -2.39. The normalized spacial score (nSPS) is 11.3. The molecule has 0 fully saturated rings. The van der Waals surface area contributed by atoms with E-state index < -0.39 is 22.5 Å². The number of sulfonamides is 1. The summed E-state index contributed by atoms with van der Waals surface area (Å²) in [6, 6.07) is 16.7. The average molecular weight is 625 g/mol. The minimum atomic E-state index is -4.36. The molecule has 0 bridgehead atoms. The molecule has 232 valence electrons. The summed E-state index contributed by atoms with van der Waals surface area (Å²) >= 11 is 0. The van der Waals surface area contributed by atoms with Crippen LogP contribution >= 0.6 is 0 Å². The molecule has 0 saturated carbocycles. The molecule has 0 atom stereocenters. The highest BCUT2D eigenvalue weighted by molar-refractivity contribution is 7.92. The molecule has 11 nitrogen and oxygen atoms in total. The molecule has 0 radical (unpaired) electrons. The number of hydrazone groups is 1. The molecule has 1 N–H and O–H groups in total. The Labute approximate surface area is 255 Å². The summed E-state index contributed by atoms with van der Waals surface area (Å²) < 4.78 is 65.6. The van der Waals surface area contributed by atoms with E-state index >= 15 is 0 Å². The van der Waals surface area contributed by atoms with Crippen LogP contribution in [-0.4, -0.2) is 60.1 Å². The molecule has 4 aromatic rings. The van der Waals surface area contributed by atoms with Crippen molar-refractivity contribution in [3.63, 3.8) is 0 Å². The Morgan fingerprint density at radius 3 is 2.18 bits per heavy atom. The van der Waals surface area contributed by atoms with E-state index in [-0.39, 0.29) is 27.9 Å². The van der Waals surface area contributed by atoms with Crippen molar-refractivity contribution in [2.75, 3.05) is 39.3 Å². The van der Waals surface area contributed by atoms with Crippen LogP contribution in [0, 0.1) is 19.7 Å². The third-order valence-corrected chi connectivity index (χ3v) is 8.59. The monoisotopic (exact) mass is 624 g/mol. The molecule has 0 aliphatic heterocycles. The zero-order valence-corrected chi connectivity index (χ0v) is 25.9. The van der Waals surface area contributed by atoms with Gasteiger partial charge in [-0.05, 0) is 68.4 Å². The number of aromatic nitrogens is 1. The molecule has 1 aromatic heterocycles. The van der Waals surface area contributed by atoms with Crippen LogP contribution in [0.1, 0.15) is 17.0 Å². The van der Waals surface area contributed by atoms with Gasteiger partial charge in [0.2, 0.25) is 0 Å². The number of benzene rings is 3. The van der Waals surface area contributed by atoms with E-state index in [0.29, 0.717) is 17.1 Å². The second kappa shape index (κ2) is 13.5. The first-order chi connectivity index (χ1) is 21.0. The minimum Gasteiger partial charge on any atom is -0.497 e. The number of nitrogens with one attached hydrogen (secondary N) is 1. The van der Waals surface area contributed by atoms with Gasteiger partial charge in [0.25, 0.3) is 15.9 Å². The maximum atomic E-state index is 14.0. The van der Waals surface area contributed by atoms with E-state index in [4.69, 9.17) is 18.9 Å². The van der Waals surface area contributed by atoms with Crippen LogP contribution in [0.15, 0.2) is 76.7 Å². The van der Waals surface area contributed by atoms with Gasteiger partial charge in [-0.2, -0.15) is 5.10 Å². The van der Waals surface area contributed by atoms with Crippen LogP contribution in [0.3, 0.4) is 0 Å². The Balaban J connectivity index is 1.65. The summed E-state index contributed by atoms with van der Waals surface area (Å²) in [5.74, 6) is 0.0147. The van der Waals surface area contributed by atoms with Crippen molar-refractivity contribution in [1.29, 1.82) is 0 Å². The highest BCUT2D eigenvalue weighted by Crippen LogP contribution is 2.37. The summed E-state index contributed by atoms with van der Waals surface area (Å²) in [5.41, 5.74) is 5.65. The second-order valence-electron chi connectivity index (χ2n) is 9.50. The van der Waals surface area contributed by atoms with E-state index in [1.807, 2.05) is 24.5 Å². The fourth-order valence-corrected chi connectivity index (χ4v) is 6.08. The molecule has 44 heavy (non-hydrogen) atoms. The number of methoxy groups -OCH3 is 4. The van der Waals surface area contributed by atoms with Crippen LogP contribution in [0.5, 0.6) is 23.0 Å². The quantitative estimate of drug-likeness (QED) is 0.181. The molecule has 1 heterocycles. The molecule has 3 aromatic carbocycles. The standard InChI is InChI=1S/C31H33FN4O7S/c1-20-15-22(21(2)36(20)24-9-7-23(32)8-10-24)18-33-34-31(37)19-35(27-16-25(40-3)11-13-28(27)41-4)44(38,39)26-12-14-29(42-5)30(17-26)43-6/h7-18H,19H2,1-6H3,(H,34,37)/b33-18-. The summed E-state index contributed by atoms with van der Waals surface area (Å²) in [6.07, 6.45) is 1.46. The van der Waals surface area contributed by atoms with Gasteiger partial charge in [-0.25, -0.2) is 18.2 Å². The highest BCUT2D eigenvalue weighted by atomic mass is 32.2. The molecule has 0 spiro atoms. The van der Waals surface area contributed by atoms with Crippen molar-refractivity contribution in [1.82, 2.24) is 9.99 Å². The van der Waals surface area contributed by atoms with Crippen LogP contribution in [0.2, 0.25) is 0 Å². The van der Waals surface area contributed by atoms with E-state index in [2.05, 4.69) is 10.5 Å². The molecule has 13 heteroatoms. The van der Waals surface area contributed by atoms with Gasteiger partial charge in [-0.3, -0.25) is 9.10 Å². The number of amides is 1. The molecular weight excluding hydrogens is 591 g/mol.